The number of carbonyl (C=O) groups excluding carboxylic acids is 1. The predicted octanol–water partition coefficient (Wildman–Crippen LogP) is 3.34. The topological polar surface area (TPSA) is 97.6 Å². The molecule has 26 heavy (non-hydrogen) atoms. The van der Waals surface area contributed by atoms with Crippen LogP contribution in [0.15, 0.2) is 24.4 Å². The number of benzene rings is 1. The number of rotatable bonds is 1. The number of ketones is 1. The van der Waals surface area contributed by atoms with Crippen LogP contribution in [0.1, 0.15) is 47.6 Å². The van der Waals surface area contributed by atoms with Gasteiger partial charge in [-0.15, -0.1) is 0 Å². The number of anilines is 1. The Balaban J connectivity index is 1.97. The predicted molar refractivity (Wildman–Crippen MR) is 99.2 cm³/mol. The fraction of sp³-hybridized carbons (Fsp3) is 0.300. The molecule has 0 unspecified atom stereocenters. The second-order valence-electron chi connectivity index (χ2n) is 7.66. The van der Waals surface area contributed by atoms with Crippen molar-refractivity contribution >= 4 is 22.4 Å². The second kappa shape index (κ2) is 5.40. The third-order valence-corrected chi connectivity index (χ3v) is 4.99. The molecule has 0 spiro atoms. The lowest BCUT2D eigenvalue weighted by molar-refractivity contribution is 0.0910. The van der Waals surface area contributed by atoms with Crippen molar-refractivity contribution in [3.63, 3.8) is 0 Å². The van der Waals surface area contributed by atoms with E-state index in [0.29, 0.717) is 17.8 Å². The molecule has 2 aromatic heterocycles. The number of nitriles is 1. The molecule has 3 aromatic rings. The van der Waals surface area contributed by atoms with Gasteiger partial charge in [-0.2, -0.15) is 10.4 Å². The molecule has 0 saturated carbocycles. The lowest BCUT2D eigenvalue weighted by Gasteiger charge is -2.29. The van der Waals surface area contributed by atoms with Crippen LogP contribution in [0.5, 0.6) is 0 Å². The van der Waals surface area contributed by atoms with Gasteiger partial charge in [-0.05, 0) is 37.0 Å². The van der Waals surface area contributed by atoms with Gasteiger partial charge in [0, 0.05) is 23.4 Å². The van der Waals surface area contributed by atoms with Gasteiger partial charge in [0.15, 0.2) is 5.78 Å². The number of Topliss-reactive ketones (excluding diaryl/α,β-unsaturated/α-hetero) is 1. The number of pyridine rings is 1. The quantitative estimate of drug-likeness (QED) is 0.729. The highest BCUT2D eigenvalue weighted by atomic mass is 16.1. The van der Waals surface area contributed by atoms with Crippen LogP contribution in [0.25, 0.3) is 16.5 Å². The summed E-state index contributed by atoms with van der Waals surface area (Å²) in [6, 6.07) is 7.81. The molecule has 6 nitrogen and oxygen atoms in total. The maximum absolute atomic E-state index is 12.6. The number of aromatic nitrogens is 3. The molecule has 0 radical (unpaired) electrons. The van der Waals surface area contributed by atoms with E-state index in [2.05, 4.69) is 30.0 Å². The van der Waals surface area contributed by atoms with Crippen LogP contribution in [0, 0.1) is 23.7 Å². The molecular formula is C20H19N5O. The Bertz CT molecular complexity index is 1120. The number of aryl methyl sites for hydroxylation is 1. The Hall–Kier alpha value is -3.20. The van der Waals surface area contributed by atoms with Crippen LogP contribution in [0.2, 0.25) is 0 Å². The highest BCUT2D eigenvalue weighted by Crippen LogP contribution is 2.37. The van der Waals surface area contributed by atoms with E-state index in [1.165, 1.54) is 6.20 Å². The molecule has 2 heterocycles. The number of fused-ring (bicyclic) bond motifs is 2. The summed E-state index contributed by atoms with van der Waals surface area (Å²) in [4.78, 5) is 16.7. The summed E-state index contributed by atoms with van der Waals surface area (Å²) >= 11 is 0. The monoisotopic (exact) mass is 345 g/mol. The van der Waals surface area contributed by atoms with E-state index in [9.17, 15) is 10.1 Å². The lowest BCUT2D eigenvalue weighted by Crippen LogP contribution is -2.28. The van der Waals surface area contributed by atoms with Crippen LogP contribution in [0.4, 0.5) is 5.82 Å². The average Bonchev–Trinajstić information content (AvgIpc) is 2.90. The first-order valence-electron chi connectivity index (χ1n) is 8.51. The van der Waals surface area contributed by atoms with Crippen LogP contribution < -0.4 is 5.73 Å². The Morgan fingerprint density at radius 1 is 1.27 bits per heavy atom. The van der Waals surface area contributed by atoms with E-state index in [1.807, 2.05) is 29.8 Å². The van der Waals surface area contributed by atoms with Gasteiger partial charge in [-0.25, -0.2) is 9.67 Å². The number of carbonyl (C=O) groups is 1. The van der Waals surface area contributed by atoms with Gasteiger partial charge in [0.05, 0.1) is 28.2 Å². The molecule has 1 aliphatic rings. The van der Waals surface area contributed by atoms with Crippen molar-refractivity contribution in [1.82, 2.24) is 14.8 Å². The zero-order chi connectivity index (χ0) is 18.6. The van der Waals surface area contributed by atoms with E-state index in [1.54, 1.807) is 0 Å². The molecule has 0 amide bonds. The Morgan fingerprint density at radius 3 is 2.77 bits per heavy atom. The molecule has 1 aliphatic carbocycles. The summed E-state index contributed by atoms with van der Waals surface area (Å²) in [6.45, 7) is 6.07. The zero-order valence-electron chi connectivity index (χ0n) is 15.0. The van der Waals surface area contributed by atoms with E-state index in [0.717, 1.165) is 39.8 Å². The zero-order valence-corrected chi connectivity index (χ0v) is 15.0. The molecule has 4 rings (SSSR count). The largest absolute Gasteiger partial charge is 0.383 e. The smallest absolute Gasteiger partial charge is 0.167 e. The van der Waals surface area contributed by atoms with Crippen molar-refractivity contribution in [2.75, 3.05) is 5.73 Å². The van der Waals surface area contributed by atoms with Crippen molar-refractivity contribution < 1.29 is 4.79 Å². The second-order valence-corrected chi connectivity index (χ2v) is 7.66. The van der Waals surface area contributed by atoms with Gasteiger partial charge >= 0.3 is 0 Å². The summed E-state index contributed by atoms with van der Waals surface area (Å²) in [5, 5.41) is 15.5. The number of hydrogen-bond acceptors (Lipinski definition) is 5. The van der Waals surface area contributed by atoms with Crippen molar-refractivity contribution in [2.45, 2.75) is 33.6 Å². The van der Waals surface area contributed by atoms with Gasteiger partial charge in [0.25, 0.3) is 0 Å². The molecule has 0 atom stereocenters. The first-order valence-corrected chi connectivity index (χ1v) is 8.51. The average molecular weight is 345 g/mol. The van der Waals surface area contributed by atoms with Crippen molar-refractivity contribution in [1.29, 1.82) is 5.26 Å². The number of nitrogen functional groups attached to an aromatic ring is 1. The maximum Gasteiger partial charge on any atom is 0.167 e. The molecule has 0 saturated heterocycles. The summed E-state index contributed by atoms with van der Waals surface area (Å²) in [6.07, 6.45) is 2.79. The Kier molecular flexibility index (Phi) is 3.38. The van der Waals surface area contributed by atoms with Crippen LogP contribution in [-0.2, 0) is 6.42 Å². The van der Waals surface area contributed by atoms with Crippen LogP contribution >= 0.6 is 0 Å². The number of nitrogens with zero attached hydrogens (tertiary/aromatic N) is 4. The Morgan fingerprint density at radius 2 is 2.04 bits per heavy atom. The number of nitrogens with two attached hydrogens (primary N) is 1. The SMILES string of the molecule is Cc1nn(-c2ccc3c(N)ncc(C#N)c3c2)c2c1C(=O)CC(C)(C)C2. The van der Waals surface area contributed by atoms with Crippen LogP contribution in [-0.4, -0.2) is 20.5 Å². The lowest BCUT2D eigenvalue weighted by atomic mass is 9.75. The Labute approximate surface area is 151 Å². The summed E-state index contributed by atoms with van der Waals surface area (Å²) in [5.41, 5.74) is 9.54. The van der Waals surface area contributed by atoms with Crippen molar-refractivity contribution in [2.24, 2.45) is 5.41 Å². The summed E-state index contributed by atoms with van der Waals surface area (Å²) in [5.74, 6) is 0.535. The summed E-state index contributed by atoms with van der Waals surface area (Å²) < 4.78 is 1.83. The third-order valence-electron chi connectivity index (χ3n) is 4.99. The molecule has 2 N–H and O–H groups in total. The van der Waals surface area contributed by atoms with E-state index >= 15 is 0 Å². The van der Waals surface area contributed by atoms with E-state index < -0.39 is 0 Å². The van der Waals surface area contributed by atoms with Crippen molar-refractivity contribution in [3.8, 4) is 11.8 Å². The molecule has 6 heteroatoms. The molecule has 0 aliphatic heterocycles. The standard InChI is InChI=1S/C20H19N5O/c1-11-18-16(7-20(2,3)8-17(18)26)25(24-11)13-4-5-14-15(6-13)12(9-21)10-23-19(14)22/h4-6,10H,7-8H2,1-3H3,(H2,22,23). The maximum atomic E-state index is 12.6. The minimum atomic E-state index is -0.0999. The minimum absolute atomic E-state index is 0.0999. The first-order chi connectivity index (χ1) is 12.3. The van der Waals surface area contributed by atoms with Gasteiger partial charge in [0.1, 0.15) is 11.9 Å². The fourth-order valence-corrected chi connectivity index (χ4v) is 3.83. The normalized spacial score (nSPS) is 15.7. The fourth-order valence-electron chi connectivity index (χ4n) is 3.83. The molecular weight excluding hydrogens is 326 g/mol. The highest BCUT2D eigenvalue weighted by molar-refractivity contribution is 6.00. The van der Waals surface area contributed by atoms with Gasteiger partial charge in [-0.1, -0.05) is 13.8 Å². The molecule has 0 fully saturated rings. The van der Waals surface area contributed by atoms with E-state index in [-0.39, 0.29) is 11.2 Å². The van der Waals surface area contributed by atoms with Gasteiger partial charge in [-0.3, -0.25) is 4.79 Å². The van der Waals surface area contributed by atoms with Crippen LogP contribution in [0.3, 0.4) is 0 Å². The minimum Gasteiger partial charge on any atom is -0.383 e. The van der Waals surface area contributed by atoms with Gasteiger partial charge in [0.2, 0.25) is 0 Å². The number of hydrogen-bond donors (Lipinski definition) is 1. The van der Waals surface area contributed by atoms with Crippen molar-refractivity contribution in [3.05, 3.63) is 46.9 Å². The van der Waals surface area contributed by atoms with Gasteiger partial charge < -0.3 is 5.73 Å². The molecule has 0 bridgehead atoms. The third kappa shape index (κ3) is 2.36. The summed E-state index contributed by atoms with van der Waals surface area (Å²) in [7, 11) is 0. The first kappa shape index (κ1) is 16.3. The molecule has 1 aromatic carbocycles. The molecule has 130 valence electrons. The van der Waals surface area contributed by atoms with E-state index in [4.69, 9.17) is 5.73 Å². The highest BCUT2D eigenvalue weighted by Gasteiger charge is 2.35.